The molecule has 17 heavy (non-hydrogen) atoms. The lowest BCUT2D eigenvalue weighted by molar-refractivity contribution is 0.0520. The fraction of sp³-hybridized carbons (Fsp3) is 0.571. The van der Waals surface area contributed by atoms with E-state index < -0.39 is 0 Å². The molecular weight excluding hydrogens is 214 g/mol. The van der Waals surface area contributed by atoms with Gasteiger partial charge in [-0.15, -0.1) is 0 Å². The molecular formula is C14H23NO2. The molecule has 0 fully saturated rings. The van der Waals surface area contributed by atoms with Crippen molar-refractivity contribution in [3.63, 3.8) is 0 Å². The summed E-state index contributed by atoms with van der Waals surface area (Å²) in [5, 5.41) is 8.94. The Kier molecular flexibility index (Phi) is 6.86. The van der Waals surface area contributed by atoms with Crippen LogP contribution in [0.25, 0.3) is 0 Å². The van der Waals surface area contributed by atoms with E-state index in [9.17, 15) is 0 Å². The molecule has 0 saturated heterocycles. The lowest BCUT2D eigenvalue weighted by Crippen LogP contribution is -2.38. The highest BCUT2D eigenvalue weighted by Gasteiger charge is 2.11. The van der Waals surface area contributed by atoms with Gasteiger partial charge in [0.2, 0.25) is 0 Å². The highest BCUT2D eigenvalue weighted by Crippen LogP contribution is 2.03. The standard InChI is InChI=1S/C14H23NO2/c1-3-15(9-10-16)13(2)11-17-12-14-7-5-4-6-8-14/h4-8,13,16H,3,9-12H2,1-2H3/t13-/m1/s1. The molecule has 0 aromatic heterocycles. The third-order valence-electron chi connectivity index (χ3n) is 2.89. The van der Waals surface area contributed by atoms with Crippen molar-refractivity contribution in [2.75, 3.05) is 26.3 Å². The molecule has 0 amide bonds. The second kappa shape index (κ2) is 8.23. The van der Waals surface area contributed by atoms with Gasteiger partial charge in [-0.05, 0) is 19.0 Å². The van der Waals surface area contributed by atoms with Crippen molar-refractivity contribution in [1.29, 1.82) is 0 Å². The first-order chi connectivity index (χ1) is 8.27. The SMILES string of the molecule is CCN(CCO)[C@H](C)COCc1ccccc1. The molecule has 3 heteroatoms. The minimum absolute atomic E-state index is 0.205. The van der Waals surface area contributed by atoms with Crippen LogP contribution in [0.5, 0.6) is 0 Å². The highest BCUT2D eigenvalue weighted by atomic mass is 16.5. The summed E-state index contributed by atoms with van der Waals surface area (Å²) in [4.78, 5) is 2.21. The van der Waals surface area contributed by atoms with Gasteiger partial charge >= 0.3 is 0 Å². The van der Waals surface area contributed by atoms with Gasteiger partial charge in [-0.2, -0.15) is 0 Å². The molecule has 1 atom stereocenters. The molecule has 0 aliphatic rings. The molecule has 0 aliphatic carbocycles. The highest BCUT2D eigenvalue weighted by molar-refractivity contribution is 5.13. The van der Waals surface area contributed by atoms with Crippen molar-refractivity contribution in [3.8, 4) is 0 Å². The largest absolute Gasteiger partial charge is 0.395 e. The minimum Gasteiger partial charge on any atom is -0.395 e. The van der Waals surface area contributed by atoms with E-state index in [2.05, 4.69) is 30.9 Å². The van der Waals surface area contributed by atoms with E-state index in [4.69, 9.17) is 9.84 Å². The van der Waals surface area contributed by atoms with Gasteiger partial charge in [0, 0.05) is 12.6 Å². The van der Waals surface area contributed by atoms with Crippen LogP contribution >= 0.6 is 0 Å². The Balaban J connectivity index is 2.25. The summed E-state index contributed by atoms with van der Waals surface area (Å²) in [5.74, 6) is 0. The second-order valence-corrected chi connectivity index (χ2v) is 4.20. The van der Waals surface area contributed by atoms with Crippen LogP contribution in [-0.4, -0.2) is 42.4 Å². The lowest BCUT2D eigenvalue weighted by atomic mass is 10.2. The topological polar surface area (TPSA) is 32.7 Å². The van der Waals surface area contributed by atoms with E-state index in [1.54, 1.807) is 0 Å². The van der Waals surface area contributed by atoms with Crippen molar-refractivity contribution in [3.05, 3.63) is 35.9 Å². The van der Waals surface area contributed by atoms with Crippen LogP contribution in [0.3, 0.4) is 0 Å². The van der Waals surface area contributed by atoms with Crippen molar-refractivity contribution < 1.29 is 9.84 Å². The molecule has 0 spiro atoms. The Morgan fingerprint density at radius 3 is 2.59 bits per heavy atom. The number of rotatable bonds is 8. The zero-order valence-electron chi connectivity index (χ0n) is 10.8. The van der Waals surface area contributed by atoms with Gasteiger partial charge in [-0.3, -0.25) is 4.90 Å². The maximum atomic E-state index is 8.94. The molecule has 1 aromatic rings. The van der Waals surface area contributed by atoms with Crippen molar-refractivity contribution in [2.24, 2.45) is 0 Å². The third kappa shape index (κ3) is 5.31. The Hall–Kier alpha value is -0.900. The molecule has 0 aliphatic heterocycles. The Labute approximate surface area is 104 Å². The molecule has 96 valence electrons. The zero-order chi connectivity index (χ0) is 12.5. The summed E-state index contributed by atoms with van der Waals surface area (Å²) >= 11 is 0. The maximum absolute atomic E-state index is 8.94. The van der Waals surface area contributed by atoms with Gasteiger partial charge in [-0.25, -0.2) is 0 Å². The quantitative estimate of drug-likeness (QED) is 0.749. The van der Waals surface area contributed by atoms with Gasteiger partial charge in [0.05, 0.1) is 19.8 Å². The van der Waals surface area contributed by atoms with Gasteiger partial charge in [-0.1, -0.05) is 37.3 Å². The van der Waals surface area contributed by atoms with Crippen LogP contribution in [0.2, 0.25) is 0 Å². The number of nitrogens with zero attached hydrogens (tertiary/aromatic N) is 1. The van der Waals surface area contributed by atoms with Crippen LogP contribution in [0.1, 0.15) is 19.4 Å². The van der Waals surface area contributed by atoms with Crippen LogP contribution < -0.4 is 0 Å². The summed E-state index contributed by atoms with van der Waals surface area (Å²) in [6, 6.07) is 10.5. The van der Waals surface area contributed by atoms with Gasteiger partial charge in [0.15, 0.2) is 0 Å². The lowest BCUT2D eigenvalue weighted by Gasteiger charge is -2.26. The molecule has 3 nitrogen and oxygen atoms in total. The normalized spacial score (nSPS) is 12.9. The van der Waals surface area contributed by atoms with E-state index in [-0.39, 0.29) is 6.61 Å². The molecule has 0 saturated carbocycles. The van der Waals surface area contributed by atoms with E-state index >= 15 is 0 Å². The van der Waals surface area contributed by atoms with Crippen molar-refractivity contribution >= 4 is 0 Å². The molecule has 0 heterocycles. The van der Waals surface area contributed by atoms with Gasteiger partial charge < -0.3 is 9.84 Å². The van der Waals surface area contributed by atoms with Crippen molar-refractivity contribution in [2.45, 2.75) is 26.5 Å². The molecule has 1 N–H and O–H groups in total. The van der Waals surface area contributed by atoms with Gasteiger partial charge in [0.1, 0.15) is 0 Å². The van der Waals surface area contributed by atoms with Gasteiger partial charge in [0.25, 0.3) is 0 Å². The number of aliphatic hydroxyl groups excluding tert-OH is 1. The summed E-state index contributed by atoms with van der Waals surface area (Å²) in [6.07, 6.45) is 0. The Morgan fingerprint density at radius 2 is 2.00 bits per heavy atom. The Morgan fingerprint density at radius 1 is 1.29 bits per heavy atom. The van der Waals surface area contributed by atoms with E-state index in [1.165, 1.54) is 5.56 Å². The average Bonchev–Trinajstić information content (AvgIpc) is 2.37. The monoisotopic (exact) mass is 237 g/mol. The first-order valence-corrected chi connectivity index (χ1v) is 6.24. The van der Waals surface area contributed by atoms with E-state index in [0.29, 0.717) is 25.8 Å². The summed E-state index contributed by atoms with van der Waals surface area (Å²) in [7, 11) is 0. The maximum Gasteiger partial charge on any atom is 0.0717 e. The summed E-state index contributed by atoms with van der Waals surface area (Å²) < 4.78 is 5.69. The number of likely N-dealkylation sites (N-methyl/N-ethyl adjacent to an activating group) is 1. The predicted molar refractivity (Wildman–Crippen MR) is 69.9 cm³/mol. The fourth-order valence-corrected chi connectivity index (χ4v) is 1.85. The molecule has 0 bridgehead atoms. The third-order valence-corrected chi connectivity index (χ3v) is 2.89. The van der Waals surface area contributed by atoms with Crippen LogP contribution in [0, 0.1) is 0 Å². The number of ether oxygens (including phenoxy) is 1. The van der Waals surface area contributed by atoms with E-state index in [0.717, 1.165) is 6.54 Å². The summed E-state index contributed by atoms with van der Waals surface area (Å²) in [6.45, 7) is 7.44. The molecule has 1 aromatic carbocycles. The molecule has 1 rings (SSSR count). The van der Waals surface area contributed by atoms with Crippen LogP contribution in [0.15, 0.2) is 30.3 Å². The van der Waals surface area contributed by atoms with Crippen LogP contribution in [0.4, 0.5) is 0 Å². The number of aliphatic hydroxyl groups is 1. The summed E-state index contributed by atoms with van der Waals surface area (Å²) in [5.41, 5.74) is 1.20. The molecule has 0 radical (unpaired) electrons. The second-order valence-electron chi connectivity index (χ2n) is 4.20. The number of hydrogen-bond acceptors (Lipinski definition) is 3. The smallest absolute Gasteiger partial charge is 0.0717 e. The van der Waals surface area contributed by atoms with Crippen molar-refractivity contribution in [1.82, 2.24) is 4.90 Å². The minimum atomic E-state index is 0.205. The first-order valence-electron chi connectivity index (χ1n) is 6.24. The first kappa shape index (κ1) is 14.2. The van der Waals surface area contributed by atoms with Crippen LogP contribution in [-0.2, 0) is 11.3 Å². The zero-order valence-corrected chi connectivity index (χ0v) is 10.8. The number of benzene rings is 1. The predicted octanol–water partition coefficient (Wildman–Crippen LogP) is 1.91. The number of hydrogen-bond donors (Lipinski definition) is 1. The average molecular weight is 237 g/mol. The molecule has 0 unspecified atom stereocenters. The Bertz CT molecular complexity index is 290. The van der Waals surface area contributed by atoms with E-state index in [1.807, 2.05) is 18.2 Å². The fourth-order valence-electron chi connectivity index (χ4n) is 1.85.